The summed E-state index contributed by atoms with van der Waals surface area (Å²) in [5, 5.41) is 0. The molecule has 2 amide bonds. The average Bonchev–Trinajstić information content (AvgIpc) is 3.36. The highest BCUT2D eigenvalue weighted by Crippen LogP contribution is 2.44. The number of hydrogen-bond donors (Lipinski definition) is 0. The largest absolute Gasteiger partial charge is 0.329 e. The fourth-order valence-electron chi connectivity index (χ4n) is 7.93. The van der Waals surface area contributed by atoms with Crippen LogP contribution >= 0.6 is 0 Å². The van der Waals surface area contributed by atoms with E-state index in [2.05, 4.69) is 69.6 Å². The van der Waals surface area contributed by atoms with Gasteiger partial charge in [0.15, 0.2) is 0 Å². The molecule has 42 heavy (non-hydrogen) atoms. The van der Waals surface area contributed by atoms with Crippen LogP contribution in [0.4, 0.5) is 10.5 Å². The van der Waals surface area contributed by atoms with Crippen molar-refractivity contribution in [3.8, 4) is 0 Å². The second-order valence-corrected chi connectivity index (χ2v) is 12.8. The van der Waals surface area contributed by atoms with Crippen molar-refractivity contribution in [3.63, 3.8) is 0 Å². The predicted octanol–water partition coefficient (Wildman–Crippen LogP) is 6.35. The normalized spacial score (nSPS) is 24.7. The molecule has 2 unspecified atom stereocenters. The van der Waals surface area contributed by atoms with E-state index < -0.39 is 0 Å². The summed E-state index contributed by atoms with van der Waals surface area (Å²) in [5.74, 6) is 1.21. The number of nitrogens with zero attached hydrogens (tertiary/aromatic N) is 6. The molecule has 0 N–H and O–H groups in total. The Bertz CT molecular complexity index is 1230. The number of carbonyl (C=O) groups is 1. The van der Waals surface area contributed by atoms with Crippen LogP contribution < -0.4 is 4.90 Å². The van der Waals surface area contributed by atoms with Gasteiger partial charge in [0, 0.05) is 81.7 Å². The van der Waals surface area contributed by atoms with Crippen molar-refractivity contribution in [1.29, 1.82) is 0 Å². The van der Waals surface area contributed by atoms with Crippen molar-refractivity contribution in [1.82, 2.24) is 24.3 Å². The standard InChI is InChI=1S/C35H50N6O/c1-3-4-5-6-11-18-37-23-17-34-33(27-37)36-28(2)41(34)32-25-30-24-31(26-32)39(30)21-14-22-40(29-15-9-7-10-16-29)35(42)38-19-12-8-13-20-38/h3-7,9-10,15-16,30-32H,8,11-14,17-27H2,1-2H3/b4-3-,6-5-/t30-,31?,32?/m0/s1. The number of hydrogen-bond acceptors (Lipinski definition) is 4. The van der Waals surface area contributed by atoms with E-state index in [0.717, 1.165) is 83.6 Å². The molecule has 4 fully saturated rings. The Morgan fingerprint density at radius 2 is 1.74 bits per heavy atom. The number of piperidine rings is 2. The lowest BCUT2D eigenvalue weighted by Gasteiger charge is -2.56. The second kappa shape index (κ2) is 13.6. The van der Waals surface area contributed by atoms with Crippen molar-refractivity contribution >= 4 is 11.7 Å². The third kappa shape index (κ3) is 6.37. The molecular weight excluding hydrogens is 520 g/mol. The van der Waals surface area contributed by atoms with Crippen LogP contribution in [0.25, 0.3) is 0 Å². The molecule has 0 spiro atoms. The molecule has 3 saturated heterocycles. The summed E-state index contributed by atoms with van der Waals surface area (Å²) in [5.41, 5.74) is 3.84. The number of benzene rings is 1. The third-order valence-electron chi connectivity index (χ3n) is 10.0. The Labute approximate surface area is 252 Å². The number of likely N-dealkylation sites (tertiary alicyclic amines) is 1. The highest BCUT2D eigenvalue weighted by molar-refractivity contribution is 5.92. The Kier molecular flexibility index (Phi) is 9.45. The van der Waals surface area contributed by atoms with Crippen molar-refractivity contribution in [2.75, 3.05) is 44.2 Å². The van der Waals surface area contributed by atoms with Gasteiger partial charge >= 0.3 is 6.03 Å². The minimum Gasteiger partial charge on any atom is -0.329 e. The zero-order valence-corrected chi connectivity index (χ0v) is 25.8. The first-order valence-electron chi connectivity index (χ1n) is 16.6. The molecule has 5 aliphatic rings. The van der Waals surface area contributed by atoms with Crippen LogP contribution in [0, 0.1) is 6.92 Å². The van der Waals surface area contributed by atoms with Gasteiger partial charge in [-0.2, -0.15) is 0 Å². The molecule has 0 radical (unpaired) electrons. The molecule has 2 bridgehead atoms. The quantitative estimate of drug-likeness (QED) is 0.312. The zero-order chi connectivity index (χ0) is 28.9. The number of anilines is 1. The number of para-hydroxylation sites is 1. The Balaban J connectivity index is 1.03. The van der Waals surface area contributed by atoms with Gasteiger partial charge in [0.2, 0.25) is 0 Å². The van der Waals surface area contributed by atoms with Gasteiger partial charge in [0.25, 0.3) is 0 Å². The molecule has 3 atom stereocenters. The molecule has 4 aliphatic heterocycles. The van der Waals surface area contributed by atoms with Crippen molar-refractivity contribution < 1.29 is 4.79 Å². The first kappa shape index (κ1) is 29.2. The highest BCUT2D eigenvalue weighted by Gasteiger charge is 2.46. The molecular formula is C35H50N6O. The summed E-state index contributed by atoms with van der Waals surface area (Å²) in [6.07, 6.45) is 19.1. The maximum atomic E-state index is 13.5. The minimum atomic E-state index is 0.189. The Morgan fingerprint density at radius 1 is 0.976 bits per heavy atom. The second-order valence-electron chi connectivity index (χ2n) is 12.8. The van der Waals surface area contributed by atoms with E-state index in [4.69, 9.17) is 4.98 Å². The number of aromatic nitrogens is 2. The van der Waals surface area contributed by atoms with Gasteiger partial charge in [-0.05, 0) is 77.3 Å². The van der Waals surface area contributed by atoms with Crippen molar-refractivity contribution in [2.45, 2.75) is 96.3 Å². The van der Waals surface area contributed by atoms with E-state index in [1.165, 1.54) is 42.9 Å². The van der Waals surface area contributed by atoms with E-state index in [0.29, 0.717) is 18.1 Å². The molecule has 1 aromatic carbocycles. The molecule has 2 aromatic rings. The third-order valence-corrected chi connectivity index (χ3v) is 10.0. The Morgan fingerprint density at radius 3 is 2.50 bits per heavy atom. The lowest BCUT2D eigenvalue weighted by Crippen LogP contribution is -2.61. The molecule has 226 valence electrons. The molecule has 7 rings (SSSR count). The van der Waals surface area contributed by atoms with Crippen LogP contribution in [0.2, 0.25) is 0 Å². The number of rotatable bonds is 10. The number of aryl methyl sites for hydroxylation is 1. The SMILES string of the molecule is C/C=C\C=C/CCN1CCc2c(nc(C)n2C2CC3C[C@@H](C2)N3CCCN(C(=O)N2CCCCC2)c2ccccc2)C1. The van der Waals surface area contributed by atoms with E-state index in [9.17, 15) is 4.79 Å². The first-order chi connectivity index (χ1) is 20.6. The van der Waals surface area contributed by atoms with Gasteiger partial charge in [-0.25, -0.2) is 9.78 Å². The smallest absolute Gasteiger partial charge is 0.324 e. The van der Waals surface area contributed by atoms with E-state index >= 15 is 0 Å². The molecule has 5 heterocycles. The summed E-state index contributed by atoms with van der Waals surface area (Å²) >= 11 is 0. The molecule has 7 heteroatoms. The average molecular weight is 571 g/mol. The number of carbonyl (C=O) groups excluding carboxylic acids is 1. The van der Waals surface area contributed by atoms with Crippen molar-refractivity contribution in [2.24, 2.45) is 0 Å². The van der Waals surface area contributed by atoms with Gasteiger partial charge in [0.1, 0.15) is 5.82 Å². The monoisotopic (exact) mass is 570 g/mol. The molecule has 1 saturated carbocycles. The van der Waals surface area contributed by atoms with Gasteiger partial charge in [-0.3, -0.25) is 14.7 Å². The summed E-state index contributed by atoms with van der Waals surface area (Å²) in [7, 11) is 0. The summed E-state index contributed by atoms with van der Waals surface area (Å²) in [6.45, 7) is 11.2. The lowest BCUT2D eigenvalue weighted by atomic mass is 9.76. The maximum absolute atomic E-state index is 13.5. The van der Waals surface area contributed by atoms with Crippen LogP contribution in [-0.4, -0.2) is 81.6 Å². The van der Waals surface area contributed by atoms with Gasteiger partial charge < -0.3 is 9.47 Å². The van der Waals surface area contributed by atoms with Gasteiger partial charge in [-0.1, -0.05) is 42.5 Å². The minimum absolute atomic E-state index is 0.189. The van der Waals surface area contributed by atoms with Crippen LogP contribution in [0.3, 0.4) is 0 Å². The predicted molar refractivity (Wildman–Crippen MR) is 171 cm³/mol. The zero-order valence-electron chi connectivity index (χ0n) is 25.8. The van der Waals surface area contributed by atoms with Crippen LogP contribution in [0.1, 0.15) is 81.5 Å². The topological polar surface area (TPSA) is 47.9 Å². The molecule has 1 aliphatic carbocycles. The lowest BCUT2D eigenvalue weighted by molar-refractivity contribution is -0.0489. The highest BCUT2D eigenvalue weighted by atomic mass is 16.2. The van der Waals surface area contributed by atoms with Crippen LogP contribution in [-0.2, 0) is 13.0 Å². The van der Waals surface area contributed by atoms with Crippen LogP contribution in [0.15, 0.2) is 54.6 Å². The van der Waals surface area contributed by atoms with E-state index in [-0.39, 0.29) is 6.03 Å². The first-order valence-corrected chi connectivity index (χ1v) is 16.6. The number of imidazole rings is 1. The van der Waals surface area contributed by atoms with Gasteiger partial charge in [0.05, 0.1) is 5.69 Å². The van der Waals surface area contributed by atoms with E-state index in [1.807, 2.05) is 23.1 Å². The summed E-state index contributed by atoms with van der Waals surface area (Å²) in [4.78, 5) is 28.0. The fraction of sp³-hybridized carbons (Fsp3) is 0.600. The van der Waals surface area contributed by atoms with E-state index in [1.54, 1.807) is 0 Å². The molecule has 1 aromatic heterocycles. The molecule has 7 nitrogen and oxygen atoms in total. The van der Waals surface area contributed by atoms with Gasteiger partial charge in [-0.15, -0.1) is 0 Å². The van der Waals surface area contributed by atoms with Crippen molar-refractivity contribution in [3.05, 3.63) is 71.8 Å². The number of allylic oxidation sites excluding steroid dienone is 3. The fourth-order valence-corrected chi connectivity index (χ4v) is 7.93. The summed E-state index contributed by atoms with van der Waals surface area (Å²) in [6, 6.07) is 12.4. The summed E-state index contributed by atoms with van der Waals surface area (Å²) < 4.78 is 2.63. The number of amides is 2. The Hall–Kier alpha value is -2.90. The number of fused-ring (bicyclic) bond motifs is 3. The van der Waals surface area contributed by atoms with Crippen LogP contribution in [0.5, 0.6) is 0 Å². The maximum Gasteiger partial charge on any atom is 0.324 e. The number of urea groups is 1.